The number of nitrogens with one attached hydrogen (secondary N) is 1. The fourth-order valence-corrected chi connectivity index (χ4v) is 3.29. The van der Waals surface area contributed by atoms with E-state index in [0.29, 0.717) is 37.8 Å². The molecular formula is C15H20N4O3S. The van der Waals surface area contributed by atoms with Crippen molar-refractivity contribution in [3.63, 3.8) is 0 Å². The number of carbonyl (C=O) groups excluding carboxylic acids is 1. The van der Waals surface area contributed by atoms with E-state index in [2.05, 4.69) is 15.5 Å². The number of aryl methyl sites for hydroxylation is 1. The number of ether oxygens (including phenoxy) is 1. The van der Waals surface area contributed by atoms with Gasteiger partial charge in [-0.1, -0.05) is 18.1 Å². The number of aromatic nitrogens is 2. The van der Waals surface area contributed by atoms with Crippen molar-refractivity contribution in [3.05, 3.63) is 34.1 Å². The summed E-state index contributed by atoms with van der Waals surface area (Å²) in [6.07, 6.45) is 0.644. The summed E-state index contributed by atoms with van der Waals surface area (Å²) < 4.78 is 10.8. The zero-order valence-corrected chi connectivity index (χ0v) is 14.0. The van der Waals surface area contributed by atoms with Gasteiger partial charge in [0.15, 0.2) is 5.82 Å². The second-order valence-electron chi connectivity index (χ2n) is 5.40. The highest BCUT2D eigenvalue weighted by Gasteiger charge is 2.28. The van der Waals surface area contributed by atoms with Gasteiger partial charge in [0.1, 0.15) is 6.10 Å². The van der Waals surface area contributed by atoms with Crippen LogP contribution in [0.1, 0.15) is 42.1 Å². The van der Waals surface area contributed by atoms with E-state index in [4.69, 9.17) is 9.26 Å². The molecule has 8 heteroatoms. The molecule has 3 heterocycles. The molecule has 7 nitrogen and oxygen atoms in total. The number of carbonyl (C=O) groups is 1. The first kappa shape index (κ1) is 15.9. The monoisotopic (exact) mass is 336 g/mol. The molecule has 1 aliphatic rings. The molecule has 2 atom stereocenters. The topological polar surface area (TPSA) is 80.5 Å². The van der Waals surface area contributed by atoms with Crippen molar-refractivity contribution in [2.24, 2.45) is 0 Å². The van der Waals surface area contributed by atoms with E-state index in [1.54, 1.807) is 23.2 Å². The van der Waals surface area contributed by atoms with Crippen molar-refractivity contribution in [1.82, 2.24) is 20.4 Å². The molecule has 2 amide bonds. The summed E-state index contributed by atoms with van der Waals surface area (Å²) in [5, 5.41) is 8.90. The number of rotatable bonds is 4. The van der Waals surface area contributed by atoms with Gasteiger partial charge in [-0.05, 0) is 17.9 Å². The Morgan fingerprint density at radius 1 is 1.61 bits per heavy atom. The van der Waals surface area contributed by atoms with Gasteiger partial charge in [-0.3, -0.25) is 0 Å². The number of urea groups is 1. The number of nitrogens with zero attached hydrogens (tertiary/aromatic N) is 3. The van der Waals surface area contributed by atoms with Crippen LogP contribution in [0.15, 0.2) is 22.0 Å². The maximum absolute atomic E-state index is 12.5. The average Bonchev–Trinajstić information content (AvgIpc) is 3.24. The summed E-state index contributed by atoms with van der Waals surface area (Å²) in [7, 11) is 0. The van der Waals surface area contributed by atoms with Gasteiger partial charge >= 0.3 is 6.03 Å². The molecule has 1 saturated heterocycles. The van der Waals surface area contributed by atoms with Crippen LogP contribution in [0.5, 0.6) is 0 Å². The van der Waals surface area contributed by atoms with Gasteiger partial charge in [0.2, 0.25) is 5.89 Å². The first-order valence-corrected chi connectivity index (χ1v) is 8.56. The molecule has 0 unspecified atom stereocenters. The summed E-state index contributed by atoms with van der Waals surface area (Å²) in [6, 6.07) is 3.66. The summed E-state index contributed by atoms with van der Waals surface area (Å²) in [5.74, 6) is 1.01. The molecule has 1 N–H and O–H groups in total. The molecular weight excluding hydrogens is 316 g/mol. The van der Waals surface area contributed by atoms with Crippen LogP contribution in [-0.4, -0.2) is 40.8 Å². The Balaban J connectivity index is 1.62. The average molecular weight is 336 g/mol. The standard InChI is InChI=1S/C15H20N4O3S/c1-3-11(14-16-10(2)22-18-14)17-15(20)19-6-7-21-12(9-19)13-5-4-8-23-13/h4-5,8,11-12H,3,6-7,9H2,1-2H3,(H,17,20)/t11-,12+/m0/s1. The van der Waals surface area contributed by atoms with Gasteiger partial charge in [0, 0.05) is 18.3 Å². The van der Waals surface area contributed by atoms with Crippen LogP contribution in [0, 0.1) is 6.92 Å². The normalized spacial score (nSPS) is 19.6. The van der Waals surface area contributed by atoms with Crippen LogP contribution in [0.4, 0.5) is 4.79 Å². The Morgan fingerprint density at radius 2 is 2.48 bits per heavy atom. The predicted molar refractivity (Wildman–Crippen MR) is 85.2 cm³/mol. The predicted octanol–water partition coefficient (Wildman–Crippen LogP) is 2.67. The van der Waals surface area contributed by atoms with E-state index in [-0.39, 0.29) is 18.2 Å². The highest BCUT2D eigenvalue weighted by molar-refractivity contribution is 7.10. The zero-order chi connectivity index (χ0) is 16.2. The summed E-state index contributed by atoms with van der Waals surface area (Å²) in [6.45, 7) is 5.38. The number of amides is 2. The third-order valence-corrected chi connectivity index (χ3v) is 4.74. The minimum Gasteiger partial charge on any atom is -0.369 e. The molecule has 0 spiro atoms. The highest BCUT2D eigenvalue weighted by Crippen LogP contribution is 2.26. The summed E-state index contributed by atoms with van der Waals surface area (Å²) >= 11 is 1.65. The molecule has 124 valence electrons. The molecule has 1 fully saturated rings. The van der Waals surface area contributed by atoms with E-state index in [9.17, 15) is 4.79 Å². The van der Waals surface area contributed by atoms with Crippen LogP contribution in [0.2, 0.25) is 0 Å². The third kappa shape index (κ3) is 3.70. The molecule has 0 bridgehead atoms. The second kappa shape index (κ2) is 7.10. The maximum atomic E-state index is 12.5. The Labute approximate surface area is 138 Å². The Bertz CT molecular complexity index is 643. The van der Waals surface area contributed by atoms with E-state index in [1.807, 2.05) is 24.4 Å². The highest BCUT2D eigenvalue weighted by atomic mass is 32.1. The minimum atomic E-state index is -0.247. The largest absolute Gasteiger partial charge is 0.369 e. The molecule has 0 aromatic carbocycles. The van der Waals surface area contributed by atoms with E-state index in [1.165, 1.54) is 0 Å². The lowest BCUT2D eigenvalue weighted by Gasteiger charge is -2.33. The van der Waals surface area contributed by atoms with E-state index >= 15 is 0 Å². The van der Waals surface area contributed by atoms with Crippen molar-refractivity contribution in [2.45, 2.75) is 32.4 Å². The van der Waals surface area contributed by atoms with Gasteiger partial charge in [-0.2, -0.15) is 4.98 Å². The Kier molecular flexibility index (Phi) is 4.92. The van der Waals surface area contributed by atoms with Crippen LogP contribution >= 0.6 is 11.3 Å². The summed E-state index contributed by atoms with van der Waals surface area (Å²) in [4.78, 5) is 19.7. The maximum Gasteiger partial charge on any atom is 0.318 e. The van der Waals surface area contributed by atoms with Crippen molar-refractivity contribution in [3.8, 4) is 0 Å². The van der Waals surface area contributed by atoms with Gasteiger partial charge in [0.25, 0.3) is 0 Å². The molecule has 3 rings (SSSR count). The lowest BCUT2D eigenvalue weighted by molar-refractivity contribution is -0.0139. The Morgan fingerprint density at radius 3 is 3.13 bits per heavy atom. The molecule has 1 aliphatic heterocycles. The number of morpholine rings is 1. The smallest absolute Gasteiger partial charge is 0.318 e. The molecule has 23 heavy (non-hydrogen) atoms. The number of hydrogen-bond acceptors (Lipinski definition) is 6. The first-order valence-electron chi connectivity index (χ1n) is 7.68. The van der Waals surface area contributed by atoms with Crippen LogP contribution in [0.3, 0.4) is 0 Å². The molecule has 0 aliphatic carbocycles. The van der Waals surface area contributed by atoms with Crippen molar-refractivity contribution >= 4 is 17.4 Å². The molecule has 0 saturated carbocycles. The van der Waals surface area contributed by atoms with Crippen molar-refractivity contribution < 1.29 is 14.1 Å². The van der Waals surface area contributed by atoms with Gasteiger partial charge in [0.05, 0.1) is 19.2 Å². The molecule has 0 radical (unpaired) electrons. The molecule has 2 aromatic rings. The lowest BCUT2D eigenvalue weighted by atomic mass is 10.2. The second-order valence-corrected chi connectivity index (χ2v) is 6.38. The fourth-order valence-electron chi connectivity index (χ4n) is 2.53. The Hall–Kier alpha value is -1.93. The van der Waals surface area contributed by atoms with E-state index < -0.39 is 0 Å². The van der Waals surface area contributed by atoms with Crippen LogP contribution in [-0.2, 0) is 4.74 Å². The van der Waals surface area contributed by atoms with Crippen LogP contribution < -0.4 is 5.32 Å². The van der Waals surface area contributed by atoms with Gasteiger partial charge in [-0.15, -0.1) is 11.3 Å². The van der Waals surface area contributed by atoms with Crippen molar-refractivity contribution in [2.75, 3.05) is 19.7 Å². The van der Waals surface area contributed by atoms with Crippen LogP contribution in [0.25, 0.3) is 0 Å². The SMILES string of the molecule is CC[C@H](NC(=O)N1CCO[C@@H](c2cccs2)C1)c1noc(C)n1. The minimum absolute atomic E-state index is 0.0537. The first-order chi connectivity index (χ1) is 11.2. The third-order valence-electron chi connectivity index (χ3n) is 3.78. The lowest BCUT2D eigenvalue weighted by Crippen LogP contribution is -2.48. The van der Waals surface area contributed by atoms with Gasteiger partial charge < -0.3 is 19.5 Å². The number of hydrogen-bond donors (Lipinski definition) is 1. The summed E-state index contributed by atoms with van der Waals surface area (Å²) in [5.41, 5.74) is 0. The molecule has 2 aromatic heterocycles. The fraction of sp³-hybridized carbons (Fsp3) is 0.533. The quantitative estimate of drug-likeness (QED) is 0.928. The zero-order valence-electron chi connectivity index (χ0n) is 13.2. The van der Waals surface area contributed by atoms with E-state index in [0.717, 1.165) is 4.88 Å². The van der Waals surface area contributed by atoms with Gasteiger partial charge in [-0.25, -0.2) is 4.79 Å². The van der Waals surface area contributed by atoms with Crippen molar-refractivity contribution in [1.29, 1.82) is 0 Å². The number of thiophene rings is 1.